The summed E-state index contributed by atoms with van der Waals surface area (Å²) in [6.45, 7) is 4.00. The van der Waals surface area contributed by atoms with Crippen LogP contribution in [0.4, 0.5) is 0 Å². The predicted octanol–water partition coefficient (Wildman–Crippen LogP) is 1.64. The minimum atomic E-state index is -0.293. The molecule has 0 aliphatic carbocycles. The van der Waals surface area contributed by atoms with E-state index >= 15 is 0 Å². The Hall–Kier alpha value is -0.360. The molecule has 0 fully saturated rings. The van der Waals surface area contributed by atoms with E-state index < -0.39 is 0 Å². The van der Waals surface area contributed by atoms with Crippen LogP contribution in [0, 0.1) is 0 Å². The fraction of sp³-hybridized carbons (Fsp3) is 0.778. The van der Waals surface area contributed by atoms with Crippen molar-refractivity contribution in [2.24, 2.45) is 0 Å². The van der Waals surface area contributed by atoms with Crippen LogP contribution in [-0.4, -0.2) is 43.9 Å². The molecule has 92 valence electrons. The first kappa shape index (κ1) is 20.1. The van der Waals surface area contributed by atoms with E-state index in [4.69, 9.17) is 0 Å². The zero-order chi connectivity index (χ0) is 12.7. The Kier molecular flexibility index (Phi) is 25.8. The Labute approximate surface area is 101 Å². The molecule has 0 radical (unpaired) electrons. The summed E-state index contributed by atoms with van der Waals surface area (Å²) in [6.07, 6.45) is 1.86. The van der Waals surface area contributed by atoms with Gasteiger partial charge in [0.1, 0.15) is 0 Å². The summed E-state index contributed by atoms with van der Waals surface area (Å²) < 4.78 is 8.51. The maximum absolute atomic E-state index is 10.2. The molecular formula is C9H20O4S2. The third kappa shape index (κ3) is 24.8. The maximum atomic E-state index is 10.2. The Bertz CT molecular complexity index is 145. The highest BCUT2D eigenvalue weighted by molar-refractivity contribution is 7.99. The van der Waals surface area contributed by atoms with Gasteiger partial charge < -0.3 is 9.47 Å². The number of hydrogen-bond acceptors (Lipinski definition) is 6. The minimum Gasteiger partial charge on any atom is -0.468 e. The predicted molar refractivity (Wildman–Crippen MR) is 67.6 cm³/mol. The van der Waals surface area contributed by atoms with E-state index in [0.29, 0.717) is 5.75 Å². The fourth-order valence-electron chi connectivity index (χ4n) is 0.241. The van der Waals surface area contributed by atoms with Crippen molar-refractivity contribution < 1.29 is 19.1 Å². The second-order valence-electron chi connectivity index (χ2n) is 1.74. The van der Waals surface area contributed by atoms with E-state index in [-0.39, 0.29) is 17.7 Å². The van der Waals surface area contributed by atoms with Crippen LogP contribution in [0.1, 0.15) is 13.8 Å². The Morgan fingerprint density at radius 3 is 1.60 bits per heavy atom. The van der Waals surface area contributed by atoms with Crippen LogP contribution >= 0.6 is 24.4 Å². The van der Waals surface area contributed by atoms with Crippen molar-refractivity contribution in [3.63, 3.8) is 0 Å². The van der Waals surface area contributed by atoms with E-state index in [1.54, 1.807) is 0 Å². The number of ether oxygens (including phenoxy) is 2. The second-order valence-corrected chi connectivity index (χ2v) is 2.93. The van der Waals surface area contributed by atoms with Gasteiger partial charge in [-0.25, -0.2) is 0 Å². The molecular weight excluding hydrogens is 236 g/mol. The molecule has 0 aliphatic rings. The van der Waals surface area contributed by atoms with E-state index in [2.05, 4.69) is 22.1 Å². The summed E-state index contributed by atoms with van der Waals surface area (Å²) in [5, 5.41) is 0. The molecule has 0 spiro atoms. The molecule has 0 saturated carbocycles. The molecule has 0 bridgehead atoms. The van der Waals surface area contributed by atoms with Crippen molar-refractivity contribution in [1.82, 2.24) is 0 Å². The van der Waals surface area contributed by atoms with Crippen LogP contribution in [0.25, 0.3) is 0 Å². The summed E-state index contributed by atoms with van der Waals surface area (Å²) in [5.41, 5.74) is 0. The van der Waals surface area contributed by atoms with Crippen molar-refractivity contribution in [3.8, 4) is 0 Å². The average Bonchev–Trinajstić information content (AvgIpc) is 2.31. The highest BCUT2D eigenvalue weighted by atomic mass is 32.2. The van der Waals surface area contributed by atoms with Gasteiger partial charge in [0.05, 0.1) is 25.7 Å². The lowest BCUT2D eigenvalue weighted by molar-refractivity contribution is -0.138. The average molecular weight is 256 g/mol. The summed E-state index contributed by atoms with van der Waals surface area (Å²) >= 11 is 5.08. The Morgan fingerprint density at radius 1 is 1.13 bits per heavy atom. The van der Waals surface area contributed by atoms with Gasteiger partial charge in [-0.1, -0.05) is 13.8 Å². The van der Waals surface area contributed by atoms with Crippen LogP contribution in [0.5, 0.6) is 0 Å². The minimum absolute atomic E-state index is 0.160. The van der Waals surface area contributed by atoms with Crippen molar-refractivity contribution in [2.75, 3.05) is 32.0 Å². The number of thioether (sulfide) groups is 1. The number of carbonyl (C=O) groups excluding carboxylic acids is 2. The van der Waals surface area contributed by atoms with E-state index in [9.17, 15) is 9.59 Å². The third-order valence-electron chi connectivity index (χ3n) is 0.847. The largest absolute Gasteiger partial charge is 0.468 e. The van der Waals surface area contributed by atoms with Crippen molar-refractivity contribution >= 4 is 36.3 Å². The molecule has 15 heavy (non-hydrogen) atoms. The molecule has 0 unspecified atom stereocenters. The van der Waals surface area contributed by atoms with Crippen molar-refractivity contribution in [3.05, 3.63) is 0 Å². The topological polar surface area (TPSA) is 52.6 Å². The van der Waals surface area contributed by atoms with Crippen LogP contribution in [0.15, 0.2) is 0 Å². The van der Waals surface area contributed by atoms with Gasteiger partial charge in [-0.15, -0.1) is 0 Å². The van der Waals surface area contributed by atoms with Gasteiger partial charge in [0.25, 0.3) is 0 Å². The molecule has 4 nitrogen and oxygen atoms in total. The smallest absolute Gasteiger partial charge is 0.315 e. The lowest BCUT2D eigenvalue weighted by Gasteiger charge is -1.90. The molecule has 0 aromatic carbocycles. The highest BCUT2D eigenvalue weighted by Crippen LogP contribution is 1.90. The van der Waals surface area contributed by atoms with Gasteiger partial charge in [0.2, 0.25) is 0 Å². The molecule has 0 aromatic rings. The molecule has 0 rings (SSSR count). The lowest BCUT2D eigenvalue weighted by Crippen LogP contribution is -2.01. The van der Waals surface area contributed by atoms with Gasteiger partial charge in [0.15, 0.2) is 0 Å². The summed E-state index contributed by atoms with van der Waals surface area (Å²) in [7, 11) is 2.72. The van der Waals surface area contributed by atoms with E-state index in [0.717, 1.165) is 0 Å². The molecule has 0 amide bonds. The number of thiol groups is 1. The number of carbonyl (C=O) groups is 2. The molecule has 0 aliphatic heterocycles. The molecule has 0 heterocycles. The van der Waals surface area contributed by atoms with Crippen LogP contribution in [-0.2, 0) is 19.1 Å². The van der Waals surface area contributed by atoms with Crippen molar-refractivity contribution in [2.45, 2.75) is 13.8 Å². The quantitative estimate of drug-likeness (QED) is 0.614. The fourth-order valence-corrected chi connectivity index (χ4v) is 0.724. The van der Waals surface area contributed by atoms with Crippen LogP contribution in [0.3, 0.4) is 0 Å². The number of rotatable bonds is 3. The van der Waals surface area contributed by atoms with Crippen LogP contribution < -0.4 is 0 Å². The van der Waals surface area contributed by atoms with Gasteiger partial charge in [-0.2, -0.15) is 24.4 Å². The standard InChI is InChI=1S/C4H8O2S.C3H6O2S.C2H6/c1-6-4(5)3-7-2;1-5-3(4)2-6;1-2/h3H2,1-2H3;6H,2H2,1H3;1-2H3. The van der Waals surface area contributed by atoms with E-state index in [1.807, 2.05) is 20.1 Å². The Balaban J connectivity index is -0.000000166. The monoisotopic (exact) mass is 256 g/mol. The number of methoxy groups -OCH3 is 2. The first-order chi connectivity index (χ1) is 7.12. The summed E-state index contributed by atoms with van der Waals surface area (Å²) in [5.74, 6) is 0.165. The zero-order valence-corrected chi connectivity index (χ0v) is 11.6. The first-order valence-electron chi connectivity index (χ1n) is 4.35. The molecule has 6 heteroatoms. The molecule has 0 N–H and O–H groups in total. The van der Waals surface area contributed by atoms with Crippen LogP contribution in [0.2, 0.25) is 0 Å². The van der Waals surface area contributed by atoms with Gasteiger partial charge in [0, 0.05) is 0 Å². The SMILES string of the molecule is CC.COC(=O)CS.COC(=O)CSC. The molecule has 0 aromatic heterocycles. The number of hydrogen-bond donors (Lipinski definition) is 1. The summed E-state index contributed by atoms with van der Waals surface area (Å²) in [4.78, 5) is 20.1. The third-order valence-corrected chi connectivity index (χ3v) is 1.63. The second kappa shape index (κ2) is 19.2. The first-order valence-corrected chi connectivity index (χ1v) is 6.38. The van der Waals surface area contributed by atoms with Gasteiger partial charge in [-0.05, 0) is 6.26 Å². The maximum Gasteiger partial charge on any atom is 0.315 e. The van der Waals surface area contributed by atoms with Crippen molar-refractivity contribution in [1.29, 1.82) is 0 Å². The summed E-state index contributed by atoms with van der Waals surface area (Å²) in [6, 6.07) is 0. The zero-order valence-electron chi connectivity index (χ0n) is 9.90. The van der Waals surface area contributed by atoms with E-state index in [1.165, 1.54) is 26.0 Å². The number of esters is 2. The Morgan fingerprint density at radius 2 is 1.53 bits per heavy atom. The molecule has 0 saturated heterocycles. The highest BCUT2D eigenvalue weighted by Gasteiger charge is 1.93. The molecule has 0 atom stereocenters. The van der Waals surface area contributed by atoms with Gasteiger partial charge >= 0.3 is 11.9 Å². The normalized spacial score (nSPS) is 7.33. The van der Waals surface area contributed by atoms with Gasteiger partial charge in [-0.3, -0.25) is 9.59 Å². The lowest BCUT2D eigenvalue weighted by atomic mass is 10.8.